The highest BCUT2D eigenvalue weighted by Gasteiger charge is 2.41. The number of hydrogen-bond donors (Lipinski definition) is 2. The molecule has 176 valence electrons. The predicted octanol–water partition coefficient (Wildman–Crippen LogP) is 5.65. The van der Waals surface area contributed by atoms with Crippen LogP contribution in [0.2, 0.25) is 0 Å². The number of carbonyl (C=O) groups excluding carboxylic acids is 1. The SMILES string of the molecule is Cc1ccc(C2C(c3ccccn3)NC(=S)N2c2ccc(NC(=O)COc3ccccc3)cc2)s1. The summed E-state index contributed by atoms with van der Waals surface area (Å²) < 4.78 is 5.53. The summed E-state index contributed by atoms with van der Waals surface area (Å²) in [7, 11) is 0. The topological polar surface area (TPSA) is 66.5 Å². The minimum absolute atomic E-state index is 0.0317. The van der Waals surface area contributed by atoms with Crippen molar-refractivity contribution in [1.82, 2.24) is 10.3 Å². The molecule has 1 aliphatic heterocycles. The van der Waals surface area contributed by atoms with Crippen molar-refractivity contribution in [2.75, 3.05) is 16.8 Å². The smallest absolute Gasteiger partial charge is 0.262 e. The molecule has 2 atom stereocenters. The summed E-state index contributed by atoms with van der Waals surface area (Å²) in [5.41, 5.74) is 2.57. The molecular formula is C27H24N4O2S2. The van der Waals surface area contributed by atoms with Gasteiger partial charge in [-0.25, -0.2) is 0 Å². The summed E-state index contributed by atoms with van der Waals surface area (Å²) in [5.74, 6) is 0.437. The Morgan fingerprint density at radius 1 is 1.06 bits per heavy atom. The fraction of sp³-hybridized carbons (Fsp3) is 0.148. The zero-order chi connectivity index (χ0) is 24.2. The van der Waals surface area contributed by atoms with E-state index in [1.54, 1.807) is 17.5 Å². The maximum absolute atomic E-state index is 12.3. The fourth-order valence-electron chi connectivity index (χ4n) is 4.10. The Morgan fingerprint density at radius 3 is 2.51 bits per heavy atom. The van der Waals surface area contributed by atoms with Gasteiger partial charge in [-0.05, 0) is 79.8 Å². The van der Waals surface area contributed by atoms with Gasteiger partial charge in [-0.1, -0.05) is 24.3 Å². The van der Waals surface area contributed by atoms with Crippen LogP contribution in [0.3, 0.4) is 0 Å². The maximum atomic E-state index is 12.3. The van der Waals surface area contributed by atoms with E-state index in [-0.39, 0.29) is 24.6 Å². The second kappa shape index (κ2) is 10.2. The molecule has 0 bridgehead atoms. The van der Waals surface area contributed by atoms with Gasteiger partial charge in [0.1, 0.15) is 5.75 Å². The van der Waals surface area contributed by atoms with Gasteiger partial charge in [0.25, 0.3) is 5.91 Å². The van der Waals surface area contributed by atoms with Gasteiger partial charge >= 0.3 is 0 Å². The zero-order valence-electron chi connectivity index (χ0n) is 19.0. The van der Waals surface area contributed by atoms with E-state index in [1.165, 1.54) is 9.75 Å². The molecule has 1 saturated heterocycles. The standard InChI is InChI=1S/C27H24N4O2S2/c1-18-10-15-23(35-18)26-25(22-9-5-6-16-28-22)30-27(34)31(26)20-13-11-19(12-14-20)29-24(32)17-33-21-7-3-2-4-8-21/h2-16,25-26H,17H2,1H3,(H,29,32)(H,30,34). The molecule has 3 heterocycles. The lowest BCUT2D eigenvalue weighted by molar-refractivity contribution is -0.118. The molecule has 4 aromatic rings. The summed E-state index contributed by atoms with van der Waals surface area (Å²) in [5, 5.41) is 7.00. The Labute approximate surface area is 213 Å². The van der Waals surface area contributed by atoms with Crippen molar-refractivity contribution in [3.05, 3.63) is 107 Å². The molecule has 1 aliphatic rings. The van der Waals surface area contributed by atoms with Crippen LogP contribution in [0.1, 0.15) is 27.5 Å². The van der Waals surface area contributed by atoms with E-state index < -0.39 is 0 Å². The number of nitrogens with one attached hydrogen (secondary N) is 2. The predicted molar refractivity (Wildman–Crippen MR) is 144 cm³/mol. The Bertz CT molecular complexity index is 1310. The van der Waals surface area contributed by atoms with Crippen molar-refractivity contribution in [1.29, 1.82) is 0 Å². The molecule has 8 heteroatoms. The third-order valence-corrected chi connectivity index (χ3v) is 7.08. The van der Waals surface area contributed by atoms with E-state index >= 15 is 0 Å². The van der Waals surface area contributed by atoms with Crippen LogP contribution >= 0.6 is 23.6 Å². The number of para-hydroxylation sites is 1. The van der Waals surface area contributed by atoms with Crippen molar-refractivity contribution in [3.63, 3.8) is 0 Å². The molecule has 2 unspecified atom stereocenters. The van der Waals surface area contributed by atoms with E-state index in [1.807, 2.05) is 72.8 Å². The van der Waals surface area contributed by atoms with Gasteiger partial charge in [-0.2, -0.15) is 0 Å². The van der Waals surface area contributed by atoms with Crippen molar-refractivity contribution in [3.8, 4) is 5.75 Å². The van der Waals surface area contributed by atoms with Crippen LogP contribution < -0.4 is 20.3 Å². The normalized spacial score (nSPS) is 17.2. The lowest BCUT2D eigenvalue weighted by Gasteiger charge is -2.27. The van der Waals surface area contributed by atoms with Gasteiger partial charge in [0, 0.05) is 27.3 Å². The van der Waals surface area contributed by atoms with E-state index in [9.17, 15) is 4.79 Å². The number of aryl methyl sites for hydroxylation is 1. The van der Waals surface area contributed by atoms with Crippen LogP contribution in [0.5, 0.6) is 5.75 Å². The first-order chi connectivity index (χ1) is 17.1. The van der Waals surface area contributed by atoms with Crippen molar-refractivity contribution >= 4 is 45.9 Å². The number of ether oxygens (including phenoxy) is 1. The largest absolute Gasteiger partial charge is 0.484 e. The van der Waals surface area contributed by atoms with Crippen LogP contribution in [-0.4, -0.2) is 22.6 Å². The minimum Gasteiger partial charge on any atom is -0.484 e. The fourth-order valence-corrected chi connectivity index (χ4v) is 5.45. The molecule has 2 N–H and O–H groups in total. The van der Waals surface area contributed by atoms with Gasteiger partial charge in [-0.15, -0.1) is 11.3 Å². The van der Waals surface area contributed by atoms with Gasteiger partial charge in [-0.3, -0.25) is 9.78 Å². The molecule has 1 fully saturated rings. The number of nitrogens with zero attached hydrogens (tertiary/aromatic N) is 2. The number of thiocarbonyl (C=S) groups is 1. The van der Waals surface area contributed by atoms with Crippen LogP contribution in [-0.2, 0) is 4.79 Å². The number of benzene rings is 2. The molecule has 6 nitrogen and oxygen atoms in total. The molecule has 0 spiro atoms. The Balaban J connectivity index is 1.34. The lowest BCUT2D eigenvalue weighted by atomic mass is 10.0. The lowest BCUT2D eigenvalue weighted by Crippen LogP contribution is -2.29. The van der Waals surface area contributed by atoms with Crippen molar-refractivity contribution < 1.29 is 9.53 Å². The van der Waals surface area contributed by atoms with Gasteiger partial charge < -0.3 is 20.3 Å². The summed E-state index contributed by atoms with van der Waals surface area (Å²) in [6.45, 7) is 2.05. The summed E-state index contributed by atoms with van der Waals surface area (Å²) in [4.78, 5) is 21.5. The Morgan fingerprint density at radius 2 is 1.83 bits per heavy atom. The van der Waals surface area contributed by atoms with E-state index in [4.69, 9.17) is 17.0 Å². The first kappa shape index (κ1) is 23.0. The highest BCUT2D eigenvalue weighted by molar-refractivity contribution is 7.80. The summed E-state index contributed by atoms with van der Waals surface area (Å²) >= 11 is 7.53. The van der Waals surface area contributed by atoms with E-state index in [2.05, 4.69) is 39.6 Å². The van der Waals surface area contributed by atoms with Gasteiger partial charge in [0.15, 0.2) is 11.7 Å². The summed E-state index contributed by atoms with van der Waals surface area (Å²) in [6, 6.07) is 27.1. The molecule has 2 aromatic carbocycles. The van der Waals surface area contributed by atoms with Gasteiger partial charge in [0.05, 0.1) is 17.8 Å². The van der Waals surface area contributed by atoms with E-state index in [0.717, 1.165) is 11.4 Å². The van der Waals surface area contributed by atoms with Crippen LogP contribution in [0.15, 0.2) is 91.1 Å². The quantitative estimate of drug-likeness (QED) is 0.320. The molecule has 2 aromatic heterocycles. The van der Waals surface area contributed by atoms with Crippen molar-refractivity contribution in [2.24, 2.45) is 0 Å². The van der Waals surface area contributed by atoms with Crippen LogP contribution in [0, 0.1) is 6.92 Å². The van der Waals surface area contributed by atoms with Crippen LogP contribution in [0.4, 0.5) is 11.4 Å². The summed E-state index contributed by atoms with van der Waals surface area (Å²) in [6.07, 6.45) is 1.80. The van der Waals surface area contributed by atoms with Crippen molar-refractivity contribution in [2.45, 2.75) is 19.0 Å². The highest BCUT2D eigenvalue weighted by atomic mass is 32.1. The number of rotatable bonds is 7. The average molecular weight is 501 g/mol. The monoisotopic (exact) mass is 500 g/mol. The highest BCUT2D eigenvalue weighted by Crippen LogP contribution is 2.43. The second-order valence-corrected chi connectivity index (χ2v) is 9.85. The third-order valence-electron chi connectivity index (χ3n) is 5.69. The Kier molecular flexibility index (Phi) is 6.74. The average Bonchev–Trinajstić information content (AvgIpc) is 3.47. The molecule has 0 aliphatic carbocycles. The number of anilines is 2. The first-order valence-corrected chi connectivity index (χ1v) is 12.5. The molecule has 35 heavy (non-hydrogen) atoms. The first-order valence-electron chi connectivity index (χ1n) is 11.2. The molecule has 0 saturated carbocycles. The molecule has 0 radical (unpaired) electrons. The number of carbonyl (C=O) groups is 1. The second-order valence-electron chi connectivity index (χ2n) is 8.14. The van der Waals surface area contributed by atoms with Gasteiger partial charge in [0.2, 0.25) is 0 Å². The third kappa shape index (κ3) is 5.18. The molecule has 1 amide bonds. The molecule has 5 rings (SSSR count). The number of hydrogen-bond acceptors (Lipinski definition) is 5. The van der Waals surface area contributed by atoms with Crippen LogP contribution in [0.25, 0.3) is 0 Å². The number of thiophene rings is 1. The number of aromatic nitrogens is 1. The zero-order valence-corrected chi connectivity index (χ0v) is 20.7. The molecular weight excluding hydrogens is 476 g/mol. The Hall–Kier alpha value is -3.75. The maximum Gasteiger partial charge on any atom is 0.262 e. The minimum atomic E-state index is -0.220. The van der Waals surface area contributed by atoms with E-state index in [0.29, 0.717) is 16.5 Å². The number of pyridine rings is 1. The number of amides is 1.